The van der Waals surface area contributed by atoms with Gasteiger partial charge in [-0.05, 0) is 50.4 Å². The van der Waals surface area contributed by atoms with Crippen LogP contribution >= 0.6 is 11.6 Å². The van der Waals surface area contributed by atoms with Crippen molar-refractivity contribution < 1.29 is 4.79 Å². The number of hydrogen-bond acceptors (Lipinski definition) is 3. The molecule has 0 unspecified atom stereocenters. The number of rotatable bonds is 4. The summed E-state index contributed by atoms with van der Waals surface area (Å²) in [5.74, 6) is 0.730. The summed E-state index contributed by atoms with van der Waals surface area (Å²) in [5, 5.41) is 6.56. The van der Waals surface area contributed by atoms with Gasteiger partial charge in [0.05, 0.1) is 0 Å². The molecule has 0 saturated carbocycles. The number of amides is 1. The molecular formula is C13H18ClN3O. The van der Waals surface area contributed by atoms with Crippen LogP contribution < -0.4 is 10.6 Å². The molecule has 1 aromatic rings. The minimum atomic E-state index is 0.0517. The minimum absolute atomic E-state index is 0.0517. The topological polar surface area (TPSA) is 54.0 Å². The molecule has 2 rings (SSSR count). The van der Waals surface area contributed by atoms with E-state index < -0.39 is 0 Å². The predicted molar refractivity (Wildman–Crippen MR) is 72.7 cm³/mol. The average molecular weight is 268 g/mol. The van der Waals surface area contributed by atoms with Crippen molar-refractivity contribution in [2.24, 2.45) is 5.92 Å². The molecule has 4 nitrogen and oxygen atoms in total. The smallest absolute Gasteiger partial charge is 0.224 e. The maximum absolute atomic E-state index is 11.8. The van der Waals surface area contributed by atoms with Crippen LogP contribution in [0.3, 0.4) is 0 Å². The summed E-state index contributed by atoms with van der Waals surface area (Å²) in [6, 6.07) is 3.40. The standard InChI is InChI=1S/C13H18ClN3O/c14-12-9-11(5-8-16-12)17-13(18)2-1-10-3-6-15-7-4-10/h5,8-10,15H,1-4,6-7H2,(H,16,17,18). The van der Waals surface area contributed by atoms with Gasteiger partial charge in [0.1, 0.15) is 5.15 Å². The molecule has 1 amide bonds. The lowest BCUT2D eigenvalue weighted by Crippen LogP contribution is -2.28. The Morgan fingerprint density at radius 3 is 3.00 bits per heavy atom. The Kier molecular flexibility index (Phi) is 4.96. The van der Waals surface area contributed by atoms with Crippen molar-refractivity contribution in [1.82, 2.24) is 10.3 Å². The predicted octanol–water partition coefficient (Wildman–Crippen LogP) is 2.45. The van der Waals surface area contributed by atoms with E-state index in [0.29, 0.717) is 23.2 Å². The van der Waals surface area contributed by atoms with Crippen molar-refractivity contribution in [3.8, 4) is 0 Å². The number of aromatic nitrogens is 1. The van der Waals surface area contributed by atoms with Gasteiger partial charge in [0.25, 0.3) is 0 Å². The van der Waals surface area contributed by atoms with Crippen molar-refractivity contribution in [3.63, 3.8) is 0 Å². The Bertz CT molecular complexity index is 405. The van der Waals surface area contributed by atoms with Crippen molar-refractivity contribution in [2.45, 2.75) is 25.7 Å². The Balaban J connectivity index is 1.74. The Morgan fingerprint density at radius 1 is 1.50 bits per heavy atom. The number of anilines is 1. The minimum Gasteiger partial charge on any atom is -0.326 e. The molecule has 0 atom stereocenters. The molecule has 0 radical (unpaired) electrons. The lowest BCUT2D eigenvalue weighted by Gasteiger charge is -2.22. The molecule has 1 aliphatic heterocycles. The van der Waals surface area contributed by atoms with Crippen LogP contribution in [0.1, 0.15) is 25.7 Å². The molecule has 0 spiro atoms. The Labute approximate surface area is 112 Å². The quantitative estimate of drug-likeness (QED) is 0.824. The van der Waals surface area contributed by atoms with Crippen molar-refractivity contribution in [2.75, 3.05) is 18.4 Å². The first-order chi connectivity index (χ1) is 8.74. The third-order valence-electron chi connectivity index (χ3n) is 3.25. The Morgan fingerprint density at radius 2 is 2.28 bits per heavy atom. The molecule has 0 bridgehead atoms. The number of halogens is 1. The van der Waals surface area contributed by atoms with Crippen LogP contribution in [-0.4, -0.2) is 24.0 Å². The van der Waals surface area contributed by atoms with Gasteiger partial charge < -0.3 is 10.6 Å². The summed E-state index contributed by atoms with van der Waals surface area (Å²) in [4.78, 5) is 15.6. The van der Waals surface area contributed by atoms with E-state index in [1.54, 1.807) is 18.3 Å². The molecule has 2 heterocycles. The van der Waals surface area contributed by atoms with Crippen LogP contribution in [0.2, 0.25) is 5.15 Å². The zero-order valence-corrected chi connectivity index (χ0v) is 11.0. The second kappa shape index (κ2) is 6.71. The van der Waals surface area contributed by atoms with Crippen molar-refractivity contribution in [3.05, 3.63) is 23.5 Å². The van der Waals surface area contributed by atoms with Gasteiger partial charge in [0.2, 0.25) is 5.91 Å². The van der Waals surface area contributed by atoms with Gasteiger partial charge in [-0.2, -0.15) is 0 Å². The zero-order chi connectivity index (χ0) is 12.8. The van der Waals surface area contributed by atoms with Gasteiger partial charge in [-0.15, -0.1) is 0 Å². The SMILES string of the molecule is O=C(CCC1CCNCC1)Nc1ccnc(Cl)c1. The van der Waals surface area contributed by atoms with Gasteiger partial charge in [-0.25, -0.2) is 4.98 Å². The van der Waals surface area contributed by atoms with Crippen LogP contribution in [0.5, 0.6) is 0 Å². The third-order valence-corrected chi connectivity index (χ3v) is 3.46. The first-order valence-corrected chi connectivity index (χ1v) is 6.74. The Hall–Kier alpha value is -1.13. The molecule has 98 valence electrons. The molecule has 1 aromatic heterocycles. The summed E-state index contributed by atoms with van der Waals surface area (Å²) < 4.78 is 0. The van der Waals surface area contributed by atoms with E-state index in [1.165, 1.54) is 12.8 Å². The number of nitrogens with zero attached hydrogens (tertiary/aromatic N) is 1. The van der Waals surface area contributed by atoms with Gasteiger partial charge in [-0.1, -0.05) is 11.6 Å². The second-order valence-corrected chi connectivity index (χ2v) is 5.03. The van der Waals surface area contributed by atoms with E-state index in [9.17, 15) is 4.79 Å². The maximum atomic E-state index is 11.8. The average Bonchev–Trinajstić information content (AvgIpc) is 2.38. The maximum Gasteiger partial charge on any atom is 0.224 e. The highest BCUT2D eigenvalue weighted by Gasteiger charge is 2.14. The number of carbonyl (C=O) groups excluding carboxylic acids is 1. The highest BCUT2D eigenvalue weighted by molar-refractivity contribution is 6.29. The molecule has 1 aliphatic rings. The normalized spacial score (nSPS) is 16.5. The summed E-state index contributed by atoms with van der Waals surface area (Å²) in [6.45, 7) is 2.15. The summed E-state index contributed by atoms with van der Waals surface area (Å²) in [7, 11) is 0. The van der Waals surface area contributed by atoms with Crippen molar-refractivity contribution >= 4 is 23.2 Å². The summed E-state index contributed by atoms with van der Waals surface area (Å²) >= 11 is 5.76. The van der Waals surface area contributed by atoms with Gasteiger partial charge in [-0.3, -0.25) is 4.79 Å². The highest BCUT2D eigenvalue weighted by Crippen LogP contribution is 2.18. The monoisotopic (exact) mass is 267 g/mol. The number of pyridine rings is 1. The van der Waals surface area contributed by atoms with Crippen LogP contribution in [0.25, 0.3) is 0 Å². The second-order valence-electron chi connectivity index (χ2n) is 4.65. The molecule has 1 saturated heterocycles. The fraction of sp³-hybridized carbons (Fsp3) is 0.538. The van der Waals surface area contributed by atoms with E-state index in [1.807, 2.05) is 0 Å². The van der Waals surface area contributed by atoms with E-state index in [2.05, 4.69) is 15.6 Å². The van der Waals surface area contributed by atoms with Crippen LogP contribution in [0.15, 0.2) is 18.3 Å². The lowest BCUT2D eigenvalue weighted by molar-refractivity contribution is -0.116. The molecule has 1 fully saturated rings. The fourth-order valence-corrected chi connectivity index (χ4v) is 2.38. The van der Waals surface area contributed by atoms with E-state index in [0.717, 1.165) is 19.5 Å². The van der Waals surface area contributed by atoms with Crippen LogP contribution in [0.4, 0.5) is 5.69 Å². The summed E-state index contributed by atoms with van der Waals surface area (Å²) in [5.41, 5.74) is 0.713. The van der Waals surface area contributed by atoms with Gasteiger partial charge in [0, 0.05) is 18.3 Å². The van der Waals surface area contributed by atoms with E-state index in [-0.39, 0.29) is 5.91 Å². The summed E-state index contributed by atoms with van der Waals surface area (Å²) in [6.07, 6.45) is 5.48. The number of hydrogen-bond donors (Lipinski definition) is 2. The van der Waals surface area contributed by atoms with E-state index >= 15 is 0 Å². The molecule has 0 aromatic carbocycles. The highest BCUT2D eigenvalue weighted by atomic mass is 35.5. The first-order valence-electron chi connectivity index (χ1n) is 6.36. The van der Waals surface area contributed by atoms with E-state index in [4.69, 9.17) is 11.6 Å². The first kappa shape index (κ1) is 13.3. The molecule has 18 heavy (non-hydrogen) atoms. The fourth-order valence-electron chi connectivity index (χ4n) is 2.21. The number of carbonyl (C=O) groups is 1. The van der Waals surface area contributed by atoms with Crippen molar-refractivity contribution in [1.29, 1.82) is 0 Å². The molecule has 0 aliphatic carbocycles. The lowest BCUT2D eigenvalue weighted by atomic mass is 9.93. The molecule has 2 N–H and O–H groups in total. The largest absolute Gasteiger partial charge is 0.326 e. The number of nitrogens with one attached hydrogen (secondary N) is 2. The zero-order valence-electron chi connectivity index (χ0n) is 10.3. The van der Waals surface area contributed by atoms with Gasteiger partial charge >= 0.3 is 0 Å². The van der Waals surface area contributed by atoms with Crippen LogP contribution in [0, 0.1) is 5.92 Å². The molecular weight excluding hydrogens is 250 g/mol. The third kappa shape index (κ3) is 4.27. The molecule has 5 heteroatoms. The number of piperidine rings is 1. The van der Waals surface area contributed by atoms with Gasteiger partial charge in [0.15, 0.2) is 0 Å². The van der Waals surface area contributed by atoms with Crippen LogP contribution in [-0.2, 0) is 4.79 Å².